The standard InChI is InChI=1S/C18H31N3O2/c1-13(19-18(23)14-7-3-2-4-8-14)17(22)20-15-10-12-21-11-6-5-9-16(15)21/h13-16H,2-12H2,1H3,(H,19,23)(H,20,22)/t13-,15+,16-/m0/s1. The Balaban J connectivity index is 1.46. The number of hydrogen-bond donors (Lipinski definition) is 2. The Hall–Kier alpha value is -1.10. The highest BCUT2D eigenvalue weighted by Gasteiger charge is 2.37. The highest BCUT2D eigenvalue weighted by molar-refractivity contribution is 5.88. The molecule has 0 unspecified atom stereocenters. The Morgan fingerprint density at radius 3 is 2.48 bits per heavy atom. The van der Waals surface area contributed by atoms with E-state index < -0.39 is 6.04 Å². The van der Waals surface area contributed by atoms with Gasteiger partial charge in [0.15, 0.2) is 0 Å². The zero-order chi connectivity index (χ0) is 16.2. The second-order valence-corrected chi connectivity index (χ2v) is 7.57. The minimum absolute atomic E-state index is 0.0217. The van der Waals surface area contributed by atoms with Crippen LogP contribution in [0.15, 0.2) is 0 Å². The number of rotatable bonds is 4. The van der Waals surface area contributed by atoms with Crippen LogP contribution in [0.3, 0.4) is 0 Å². The maximum atomic E-state index is 12.4. The Morgan fingerprint density at radius 2 is 1.70 bits per heavy atom. The molecule has 2 amide bonds. The van der Waals surface area contributed by atoms with E-state index in [0.717, 1.165) is 38.6 Å². The van der Waals surface area contributed by atoms with Gasteiger partial charge in [0.1, 0.15) is 6.04 Å². The first kappa shape index (κ1) is 16.7. The van der Waals surface area contributed by atoms with Gasteiger partial charge in [-0.2, -0.15) is 0 Å². The molecule has 0 aromatic heterocycles. The van der Waals surface area contributed by atoms with Crippen LogP contribution in [0, 0.1) is 5.92 Å². The van der Waals surface area contributed by atoms with Crippen molar-refractivity contribution < 1.29 is 9.59 Å². The summed E-state index contributed by atoms with van der Waals surface area (Å²) in [7, 11) is 0. The summed E-state index contributed by atoms with van der Waals surface area (Å²) in [5.41, 5.74) is 0. The first-order valence-corrected chi connectivity index (χ1v) is 9.50. The van der Waals surface area contributed by atoms with Gasteiger partial charge in [0.05, 0.1) is 0 Å². The summed E-state index contributed by atoms with van der Waals surface area (Å²) in [6.45, 7) is 4.08. The molecule has 3 aliphatic rings. The maximum Gasteiger partial charge on any atom is 0.242 e. The van der Waals surface area contributed by atoms with E-state index in [1.54, 1.807) is 0 Å². The van der Waals surface area contributed by atoms with Crippen molar-refractivity contribution in [1.82, 2.24) is 15.5 Å². The summed E-state index contributed by atoms with van der Waals surface area (Å²) in [6, 6.07) is 0.341. The van der Waals surface area contributed by atoms with E-state index in [1.807, 2.05) is 6.92 Å². The van der Waals surface area contributed by atoms with Crippen LogP contribution < -0.4 is 10.6 Å². The van der Waals surface area contributed by atoms with Gasteiger partial charge >= 0.3 is 0 Å². The molecule has 2 aliphatic heterocycles. The van der Waals surface area contributed by atoms with Gasteiger partial charge < -0.3 is 10.6 Å². The van der Waals surface area contributed by atoms with Gasteiger partial charge in [-0.15, -0.1) is 0 Å². The maximum absolute atomic E-state index is 12.4. The van der Waals surface area contributed by atoms with Gasteiger partial charge in [0, 0.05) is 24.5 Å². The van der Waals surface area contributed by atoms with Crippen LogP contribution in [0.1, 0.15) is 64.7 Å². The minimum Gasteiger partial charge on any atom is -0.350 e. The summed E-state index contributed by atoms with van der Waals surface area (Å²) in [5.74, 6) is 0.156. The van der Waals surface area contributed by atoms with Crippen molar-refractivity contribution in [3.63, 3.8) is 0 Å². The average Bonchev–Trinajstić information content (AvgIpc) is 2.98. The molecule has 0 spiro atoms. The Morgan fingerprint density at radius 1 is 0.957 bits per heavy atom. The smallest absolute Gasteiger partial charge is 0.242 e. The van der Waals surface area contributed by atoms with E-state index in [1.165, 1.54) is 32.2 Å². The number of hydrogen-bond acceptors (Lipinski definition) is 3. The lowest BCUT2D eigenvalue weighted by Crippen LogP contribution is -2.53. The van der Waals surface area contributed by atoms with Gasteiger partial charge in [-0.1, -0.05) is 25.7 Å². The van der Waals surface area contributed by atoms with Crippen LogP contribution in [-0.4, -0.2) is 47.9 Å². The number of amides is 2. The SMILES string of the molecule is C[C@H](NC(=O)C1CCCCC1)C(=O)N[C@@H]1CCN2CCCC[C@@H]12. The lowest BCUT2D eigenvalue weighted by molar-refractivity contribution is -0.131. The van der Waals surface area contributed by atoms with Gasteiger partial charge in [0.25, 0.3) is 0 Å². The average molecular weight is 321 g/mol. The van der Waals surface area contributed by atoms with Gasteiger partial charge in [-0.05, 0) is 45.6 Å². The van der Waals surface area contributed by atoms with Gasteiger partial charge in [-0.25, -0.2) is 0 Å². The highest BCUT2D eigenvalue weighted by Crippen LogP contribution is 2.27. The minimum atomic E-state index is -0.429. The molecule has 2 N–H and O–H groups in total. The molecule has 0 bridgehead atoms. The normalized spacial score (nSPS) is 30.5. The predicted molar refractivity (Wildman–Crippen MR) is 89.9 cm³/mol. The molecule has 2 heterocycles. The molecule has 0 radical (unpaired) electrons. The molecule has 5 nitrogen and oxygen atoms in total. The number of carbonyl (C=O) groups excluding carboxylic acids is 2. The largest absolute Gasteiger partial charge is 0.350 e. The molecular formula is C18H31N3O2. The number of piperidine rings is 1. The highest BCUT2D eigenvalue weighted by atomic mass is 16.2. The quantitative estimate of drug-likeness (QED) is 0.830. The Kier molecular flexibility index (Phi) is 5.57. The van der Waals surface area contributed by atoms with Crippen molar-refractivity contribution in [2.24, 2.45) is 5.92 Å². The molecule has 0 aromatic carbocycles. The van der Waals surface area contributed by atoms with Gasteiger partial charge in [-0.3, -0.25) is 14.5 Å². The van der Waals surface area contributed by atoms with Crippen molar-refractivity contribution >= 4 is 11.8 Å². The lowest BCUT2D eigenvalue weighted by Gasteiger charge is -2.33. The molecule has 2 saturated heterocycles. The van der Waals surface area contributed by atoms with Crippen molar-refractivity contribution in [2.45, 2.75) is 82.8 Å². The number of carbonyl (C=O) groups is 2. The summed E-state index contributed by atoms with van der Waals surface area (Å²) >= 11 is 0. The van der Waals surface area contributed by atoms with Crippen LogP contribution >= 0.6 is 0 Å². The molecule has 130 valence electrons. The monoisotopic (exact) mass is 321 g/mol. The first-order chi connectivity index (χ1) is 11.1. The second kappa shape index (κ2) is 7.65. The summed E-state index contributed by atoms with van der Waals surface area (Å²) < 4.78 is 0. The second-order valence-electron chi connectivity index (χ2n) is 7.57. The Bertz CT molecular complexity index is 434. The van der Waals surface area contributed by atoms with E-state index in [0.29, 0.717) is 6.04 Å². The zero-order valence-corrected chi connectivity index (χ0v) is 14.4. The van der Waals surface area contributed by atoms with E-state index in [2.05, 4.69) is 15.5 Å². The van der Waals surface area contributed by atoms with E-state index >= 15 is 0 Å². The molecule has 3 atom stereocenters. The molecule has 3 rings (SSSR count). The van der Waals surface area contributed by atoms with E-state index in [9.17, 15) is 9.59 Å². The fraction of sp³-hybridized carbons (Fsp3) is 0.889. The van der Waals surface area contributed by atoms with Crippen LogP contribution in [-0.2, 0) is 9.59 Å². The number of nitrogens with one attached hydrogen (secondary N) is 2. The molecule has 0 aromatic rings. The zero-order valence-electron chi connectivity index (χ0n) is 14.4. The molecule has 1 saturated carbocycles. The number of nitrogens with zero attached hydrogens (tertiary/aromatic N) is 1. The third kappa shape index (κ3) is 4.06. The van der Waals surface area contributed by atoms with Crippen LogP contribution in [0.5, 0.6) is 0 Å². The van der Waals surface area contributed by atoms with Crippen molar-refractivity contribution in [3.05, 3.63) is 0 Å². The molecule has 23 heavy (non-hydrogen) atoms. The summed E-state index contributed by atoms with van der Waals surface area (Å²) in [4.78, 5) is 27.2. The molecule has 5 heteroatoms. The topological polar surface area (TPSA) is 61.4 Å². The molecule has 1 aliphatic carbocycles. The van der Waals surface area contributed by atoms with E-state index in [4.69, 9.17) is 0 Å². The molecule has 3 fully saturated rings. The lowest BCUT2D eigenvalue weighted by atomic mass is 9.88. The number of fused-ring (bicyclic) bond motifs is 1. The van der Waals surface area contributed by atoms with Crippen LogP contribution in [0.2, 0.25) is 0 Å². The fourth-order valence-electron chi connectivity index (χ4n) is 4.49. The summed E-state index contributed by atoms with van der Waals surface area (Å²) in [6.07, 6.45) is 10.2. The van der Waals surface area contributed by atoms with Crippen molar-refractivity contribution in [2.75, 3.05) is 13.1 Å². The van der Waals surface area contributed by atoms with E-state index in [-0.39, 0.29) is 23.8 Å². The van der Waals surface area contributed by atoms with Crippen LogP contribution in [0.25, 0.3) is 0 Å². The third-order valence-corrected chi connectivity index (χ3v) is 5.91. The summed E-state index contributed by atoms with van der Waals surface area (Å²) in [5, 5.41) is 6.12. The fourth-order valence-corrected chi connectivity index (χ4v) is 4.49. The molecular weight excluding hydrogens is 290 g/mol. The van der Waals surface area contributed by atoms with Crippen molar-refractivity contribution in [1.29, 1.82) is 0 Å². The van der Waals surface area contributed by atoms with Crippen molar-refractivity contribution in [3.8, 4) is 0 Å². The first-order valence-electron chi connectivity index (χ1n) is 9.50. The van der Waals surface area contributed by atoms with Gasteiger partial charge in [0.2, 0.25) is 11.8 Å². The third-order valence-electron chi connectivity index (χ3n) is 5.91. The van der Waals surface area contributed by atoms with Crippen LogP contribution in [0.4, 0.5) is 0 Å². The predicted octanol–water partition coefficient (Wildman–Crippen LogP) is 1.81. The Labute approximate surface area is 139 Å².